The lowest BCUT2D eigenvalue weighted by molar-refractivity contribution is -0.120. The highest BCUT2D eigenvalue weighted by Crippen LogP contribution is 2.25. The van der Waals surface area contributed by atoms with Crippen LogP contribution < -0.4 is 5.32 Å². The molecule has 0 bridgehead atoms. The third kappa shape index (κ3) is 2.45. The topological polar surface area (TPSA) is 49.4 Å². The molecule has 4 nitrogen and oxygen atoms in total. The van der Waals surface area contributed by atoms with Crippen LogP contribution in [0.5, 0.6) is 0 Å². The van der Waals surface area contributed by atoms with E-state index in [0.717, 1.165) is 5.56 Å². The fourth-order valence-electron chi connectivity index (χ4n) is 2.53. The van der Waals surface area contributed by atoms with Crippen molar-refractivity contribution in [2.45, 2.75) is 19.5 Å². The molecule has 1 heterocycles. The number of nitrogens with zero attached hydrogens (tertiary/aromatic N) is 1. The van der Waals surface area contributed by atoms with Gasteiger partial charge in [0.2, 0.25) is 5.91 Å². The van der Waals surface area contributed by atoms with Crippen molar-refractivity contribution in [1.29, 1.82) is 0 Å². The molecule has 5 heteroatoms. The third-order valence-electron chi connectivity index (χ3n) is 3.83. The van der Waals surface area contributed by atoms with Crippen molar-refractivity contribution < 1.29 is 14.0 Å². The first-order valence-corrected chi connectivity index (χ1v) is 7.02. The summed E-state index contributed by atoms with van der Waals surface area (Å²) >= 11 is 0. The molecule has 0 unspecified atom stereocenters. The van der Waals surface area contributed by atoms with Crippen molar-refractivity contribution in [3.63, 3.8) is 0 Å². The number of rotatable bonds is 3. The van der Waals surface area contributed by atoms with Crippen LogP contribution in [0, 0.1) is 5.82 Å². The van der Waals surface area contributed by atoms with Crippen LogP contribution in [0.2, 0.25) is 0 Å². The van der Waals surface area contributed by atoms with Gasteiger partial charge in [-0.2, -0.15) is 0 Å². The van der Waals surface area contributed by atoms with Crippen LogP contribution in [0.15, 0.2) is 48.5 Å². The molecule has 0 fully saturated rings. The molecule has 0 aromatic heterocycles. The molecule has 1 aliphatic rings. The lowest BCUT2D eigenvalue weighted by Gasteiger charge is -2.23. The number of anilines is 1. The van der Waals surface area contributed by atoms with Gasteiger partial charge in [0.05, 0.1) is 5.69 Å². The Labute approximate surface area is 127 Å². The number of hydrogen-bond donors (Lipinski definition) is 1. The number of carbonyl (C=O) groups is 2. The zero-order valence-corrected chi connectivity index (χ0v) is 12.0. The highest BCUT2D eigenvalue weighted by atomic mass is 19.1. The minimum Gasteiger partial charge on any atom is -0.323 e. The molecule has 2 aromatic rings. The third-order valence-corrected chi connectivity index (χ3v) is 3.83. The minimum atomic E-state index is -0.681. The van der Waals surface area contributed by atoms with E-state index < -0.39 is 17.8 Å². The molecule has 1 aliphatic heterocycles. The maximum absolute atomic E-state index is 13.6. The molecule has 2 amide bonds. The summed E-state index contributed by atoms with van der Waals surface area (Å²) in [7, 11) is 0. The van der Waals surface area contributed by atoms with Gasteiger partial charge in [0.15, 0.2) is 0 Å². The average molecular weight is 298 g/mol. The predicted molar refractivity (Wildman–Crippen MR) is 80.8 cm³/mol. The van der Waals surface area contributed by atoms with Crippen molar-refractivity contribution in [3.05, 3.63) is 65.5 Å². The number of carbonyl (C=O) groups excluding carboxylic acids is 2. The van der Waals surface area contributed by atoms with Crippen LogP contribution in [0.1, 0.15) is 22.8 Å². The molecule has 0 aliphatic carbocycles. The Balaban J connectivity index is 1.75. The Bertz CT molecular complexity index is 745. The first kappa shape index (κ1) is 14.3. The largest absolute Gasteiger partial charge is 0.323 e. The van der Waals surface area contributed by atoms with Gasteiger partial charge in [-0.1, -0.05) is 30.3 Å². The lowest BCUT2D eigenvalue weighted by atomic mass is 10.1. The Kier molecular flexibility index (Phi) is 3.63. The van der Waals surface area contributed by atoms with Crippen molar-refractivity contribution in [2.75, 3.05) is 5.32 Å². The number of fused-ring (bicyclic) bond motifs is 1. The maximum Gasteiger partial charge on any atom is 0.255 e. The van der Waals surface area contributed by atoms with Gasteiger partial charge < -0.3 is 10.2 Å². The van der Waals surface area contributed by atoms with E-state index in [1.54, 1.807) is 31.2 Å². The van der Waals surface area contributed by atoms with Crippen LogP contribution in [-0.2, 0) is 11.3 Å². The summed E-state index contributed by atoms with van der Waals surface area (Å²) in [4.78, 5) is 26.1. The second-order valence-electron chi connectivity index (χ2n) is 5.24. The molecule has 2 aromatic carbocycles. The number of amides is 2. The number of hydrogen-bond acceptors (Lipinski definition) is 2. The predicted octanol–water partition coefficient (Wildman–Crippen LogP) is 2.81. The monoisotopic (exact) mass is 298 g/mol. The summed E-state index contributed by atoms with van der Waals surface area (Å²) in [6.07, 6.45) is 0. The molecule has 112 valence electrons. The highest BCUT2D eigenvalue weighted by Gasteiger charge is 2.33. The van der Waals surface area contributed by atoms with E-state index in [1.807, 2.05) is 12.1 Å². The minimum absolute atomic E-state index is 0.114. The van der Waals surface area contributed by atoms with Crippen molar-refractivity contribution in [2.24, 2.45) is 0 Å². The average Bonchev–Trinajstić information content (AvgIpc) is 2.86. The molecule has 22 heavy (non-hydrogen) atoms. The smallest absolute Gasteiger partial charge is 0.255 e. The Morgan fingerprint density at radius 2 is 1.86 bits per heavy atom. The number of halogens is 1. The van der Waals surface area contributed by atoms with Crippen molar-refractivity contribution >= 4 is 17.5 Å². The van der Waals surface area contributed by atoms with Gasteiger partial charge in [-0.05, 0) is 30.7 Å². The van der Waals surface area contributed by atoms with E-state index >= 15 is 0 Å². The van der Waals surface area contributed by atoms with Gasteiger partial charge in [0, 0.05) is 12.1 Å². The summed E-state index contributed by atoms with van der Waals surface area (Å²) in [6.45, 7) is 2.03. The quantitative estimate of drug-likeness (QED) is 0.947. The first-order valence-electron chi connectivity index (χ1n) is 7.02. The first-order chi connectivity index (χ1) is 10.6. The zero-order chi connectivity index (χ0) is 15.7. The molecule has 0 radical (unpaired) electrons. The molecular weight excluding hydrogens is 283 g/mol. The van der Waals surface area contributed by atoms with Crippen molar-refractivity contribution in [1.82, 2.24) is 4.90 Å². The Morgan fingerprint density at radius 1 is 1.18 bits per heavy atom. The number of benzene rings is 2. The van der Waals surface area contributed by atoms with Crippen LogP contribution in [0.3, 0.4) is 0 Å². The normalized spacial score (nSPS) is 14.6. The molecule has 1 N–H and O–H groups in total. The number of para-hydroxylation sites is 1. The summed E-state index contributed by atoms with van der Waals surface area (Å²) in [6, 6.07) is 12.5. The fraction of sp³-hybridized carbons (Fsp3) is 0.176. The second-order valence-corrected chi connectivity index (χ2v) is 5.24. The van der Waals surface area contributed by atoms with Crippen LogP contribution >= 0.6 is 0 Å². The molecule has 3 rings (SSSR count). The molecule has 1 atom stereocenters. The van der Waals surface area contributed by atoms with E-state index in [0.29, 0.717) is 12.1 Å². The fourth-order valence-corrected chi connectivity index (χ4v) is 2.53. The second kappa shape index (κ2) is 5.60. The summed E-state index contributed by atoms with van der Waals surface area (Å²) in [5.41, 5.74) is 1.63. The standard InChI is InChI=1S/C17H15FN2O2/c1-11(16(21)19-15-9-5-4-8-14(15)18)20-10-12-6-2-3-7-13(12)17(20)22/h2-9,11H,10H2,1H3,(H,19,21)/t11-/m0/s1. The molecule has 0 saturated carbocycles. The van der Waals surface area contributed by atoms with Gasteiger partial charge in [-0.15, -0.1) is 0 Å². The van der Waals surface area contributed by atoms with Gasteiger partial charge in [0.25, 0.3) is 5.91 Å². The van der Waals surface area contributed by atoms with E-state index in [1.165, 1.54) is 17.0 Å². The molecule has 0 spiro atoms. The summed E-state index contributed by atoms with van der Waals surface area (Å²) in [5.74, 6) is -1.09. The van der Waals surface area contributed by atoms with E-state index in [-0.39, 0.29) is 11.6 Å². The van der Waals surface area contributed by atoms with Crippen LogP contribution in [0.4, 0.5) is 10.1 Å². The summed E-state index contributed by atoms with van der Waals surface area (Å²) < 4.78 is 13.6. The van der Waals surface area contributed by atoms with E-state index in [9.17, 15) is 14.0 Å². The number of nitrogens with one attached hydrogen (secondary N) is 1. The van der Waals surface area contributed by atoms with Crippen LogP contribution in [-0.4, -0.2) is 22.8 Å². The van der Waals surface area contributed by atoms with Gasteiger partial charge >= 0.3 is 0 Å². The van der Waals surface area contributed by atoms with Crippen LogP contribution in [0.25, 0.3) is 0 Å². The molecule has 0 saturated heterocycles. The SMILES string of the molecule is C[C@@H](C(=O)Nc1ccccc1F)N1Cc2ccccc2C1=O. The van der Waals surface area contributed by atoms with Crippen molar-refractivity contribution in [3.8, 4) is 0 Å². The Morgan fingerprint density at radius 3 is 2.59 bits per heavy atom. The van der Waals surface area contributed by atoms with Gasteiger partial charge in [-0.3, -0.25) is 9.59 Å². The van der Waals surface area contributed by atoms with Gasteiger partial charge in [-0.25, -0.2) is 4.39 Å². The highest BCUT2D eigenvalue weighted by molar-refractivity contribution is 6.03. The maximum atomic E-state index is 13.6. The Hall–Kier alpha value is -2.69. The van der Waals surface area contributed by atoms with E-state index in [4.69, 9.17) is 0 Å². The molecular formula is C17H15FN2O2. The zero-order valence-electron chi connectivity index (χ0n) is 12.0. The van der Waals surface area contributed by atoms with E-state index in [2.05, 4.69) is 5.32 Å². The lowest BCUT2D eigenvalue weighted by Crippen LogP contribution is -2.42. The summed E-state index contributed by atoms with van der Waals surface area (Å²) in [5, 5.41) is 2.53. The van der Waals surface area contributed by atoms with Gasteiger partial charge in [0.1, 0.15) is 11.9 Å².